The number of hydrogen-bond acceptors (Lipinski definition) is 3. The Hall–Kier alpha value is -1.88. The van der Waals surface area contributed by atoms with Crippen molar-refractivity contribution in [3.63, 3.8) is 0 Å². The summed E-state index contributed by atoms with van der Waals surface area (Å²) in [5.41, 5.74) is 5.86. The summed E-state index contributed by atoms with van der Waals surface area (Å²) < 4.78 is 0. The van der Waals surface area contributed by atoms with E-state index in [-0.39, 0.29) is 5.91 Å². The average molecular weight is 260 g/mol. The molecule has 0 heterocycles. The predicted molar refractivity (Wildman–Crippen MR) is 69.8 cm³/mol. The van der Waals surface area contributed by atoms with Crippen molar-refractivity contribution in [1.29, 1.82) is 0 Å². The number of hydrogen-bond donors (Lipinski definition) is 3. The molecule has 0 aliphatic heterocycles. The van der Waals surface area contributed by atoms with Gasteiger partial charge >= 0.3 is 5.97 Å². The first kappa shape index (κ1) is 12.2. The Labute approximate surface area is 110 Å². The maximum Gasteiger partial charge on any atom is 0.314 e. The van der Waals surface area contributed by atoms with Gasteiger partial charge in [0.2, 0.25) is 5.91 Å². The summed E-state index contributed by atoms with van der Waals surface area (Å²) >= 11 is 0. The van der Waals surface area contributed by atoms with Gasteiger partial charge in [-0.3, -0.25) is 9.59 Å². The van der Waals surface area contributed by atoms with E-state index in [9.17, 15) is 14.7 Å². The fourth-order valence-electron chi connectivity index (χ4n) is 2.24. The Bertz CT molecular complexity index is 542. The number of benzene rings is 1. The second-order valence-corrected chi connectivity index (χ2v) is 5.57. The third-order valence-corrected chi connectivity index (χ3v) is 4.10. The lowest BCUT2D eigenvalue weighted by molar-refractivity contribution is -0.140. The summed E-state index contributed by atoms with van der Waals surface area (Å²) in [6.45, 7) is 0. The molecule has 1 amide bonds. The molecule has 19 heavy (non-hydrogen) atoms. The van der Waals surface area contributed by atoms with Crippen LogP contribution < -0.4 is 11.1 Å². The highest BCUT2D eigenvalue weighted by atomic mass is 16.4. The van der Waals surface area contributed by atoms with Gasteiger partial charge in [-0.25, -0.2) is 0 Å². The lowest BCUT2D eigenvalue weighted by atomic mass is 9.96. The zero-order chi connectivity index (χ0) is 13.7. The molecule has 0 unspecified atom stereocenters. The summed E-state index contributed by atoms with van der Waals surface area (Å²) in [4.78, 5) is 23.0. The van der Waals surface area contributed by atoms with Gasteiger partial charge in [0.05, 0.1) is 11.0 Å². The smallest absolute Gasteiger partial charge is 0.314 e. The van der Waals surface area contributed by atoms with Crippen LogP contribution >= 0.6 is 0 Å². The molecule has 2 aliphatic carbocycles. The summed E-state index contributed by atoms with van der Waals surface area (Å²) in [5, 5.41) is 12.0. The summed E-state index contributed by atoms with van der Waals surface area (Å²) in [5.74, 6) is -0.942. The minimum atomic E-state index is -0.775. The zero-order valence-electron chi connectivity index (χ0n) is 10.5. The van der Waals surface area contributed by atoms with Crippen LogP contribution in [0.4, 0.5) is 5.69 Å². The summed E-state index contributed by atoms with van der Waals surface area (Å²) in [6.07, 6.45) is 2.80. The third kappa shape index (κ3) is 2.00. The second kappa shape index (κ2) is 3.81. The highest BCUT2D eigenvalue weighted by Crippen LogP contribution is 2.48. The maximum absolute atomic E-state index is 11.8. The lowest BCUT2D eigenvalue weighted by Crippen LogP contribution is -2.37. The van der Waals surface area contributed by atoms with E-state index >= 15 is 0 Å². The Morgan fingerprint density at radius 3 is 2.11 bits per heavy atom. The van der Waals surface area contributed by atoms with Crippen LogP contribution in [0.2, 0.25) is 0 Å². The number of aliphatic carboxylic acids is 1. The van der Waals surface area contributed by atoms with Gasteiger partial charge in [0.25, 0.3) is 0 Å². The van der Waals surface area contributed by atoms with Crippen LogP contribution in [0.1, 0.15) is 31.2 Å². The van der Waals surface area contributed by atoms with Gasteiger partial charge < -0.3 is 16.2 Å². The minimum absolute atomic E-state index is 0.167. The molecule has 1 aromatic rings. The molecule has 0 radical (unpaired) electrons. The number of anilines is 1. The molecule has 5 nitrogen and oxygen atoms in total. The number of amides is 1. The van der Waals surface area contributed by atoms with Crippen molar-refractivity contribution < 1.29 is 14.7 Å². The van der Waals surface area contributed by atoms with Gasteiger partial charge in [-0.05, 0) is 43.4 Å². The number of rotatable bonds is 4. The molecule has 0 aromatic heterocycles. The van der Waals surface area contributed by atoms with E-state index in [4.69, 9.17) is 5.73 Å². The molecule has 0 bridgehead atoms. The lowest BCUT2D eigenvalue weighted by Gasteiger charge is -2.13. The number of nitrogens with two attached hydrogens (primary N) is 1. The van der Waals surface area contributed by atoms with Crippen LogP contribution in [0, 0.1) is 0 Å². The largest absolute Gasteiger partial charge is 0.481 e. The topological polar surface area (TPSA) is 92.4 Å². The first-order valence-corrected chi connectivity index (χ1v) is 6.41. The SMILES string of the molecule is NC1(C(=O)Nc2ccc(C3(C(=O)O)CC3)cc2)CC1. The van der Waals surface area contributed by atoms with E-state index in [0.717, 1.165) is 18.4 Å². The number of carboxylic acid groups (broad SMARTS) is 1. The van der Waals surface area contributed by atoms with Crippen molar-refractivity contribution in [2.75, 3.05) is 5.32 Å². The van der Waals surface area contributed by atoms with Crippen molar-refractivity contribution in [3.05, 3.63) is 29.8 Å². The number of carbonyl (C=O) groups excluding carboxylic acids is 1. The maximum atomic E-state index is 11.8. The average Bonchev–Trinajstić information content (AvgIpc) is 3.25. The molecule has 1 aromatic carbocycles. The summed E-state index contributed by atoms with van der Waals surface area (Å²) in [7, 11) is 0. The first-order chi connectivity index (χ1) is 8.96. The molecule has 5 heteroatoms. The molecule has 0 spiro atoms. The monoisotopic (exact) mass is 260 g/mol. The fraction of sp³-hybridized carbons (Fsp3) is 0.429. The number of carbonyl (C=O) groups is 2. The molecule has 100 valence electrons. The Morgan fingerprint density at radius 1 is 1.11 bits per heavy atom. The predicted octanol–water partition coefficient (Wildman–Crippen LogP) is 1.23. The van der Waals surface area contributed by atoms with Crippen molar-refractivity contribution in [3.8, 4) is 0 Å². The number of carboxylic acids is 1. The van der Waals surface area contributed by atoms with E-state index in [1.807, 2.05) is 0 Å². The van der Waals surface area contributed by atoms with Crippen LogP contribution in [-0.4, -0.2) is 22.5 Å². The quantitative estimate of drug-likeness (QED) is 0.759. The van der Waals surface area contributed by atoms with Crippen LogP contribution in [0.25, 0.3) is 0 Å². The molecule has 3 rings (SSSR count). The van der Waals surface area contributed by atoms with E-state index in [1.54, 1.807) is 24.3 Å². The van der Waals surface area contributed by atoms with Crippen LogP contribution in [-0.2, 0) is 15.0 Å². The minimum Gasteiger partial charge on any atom is -0.481 e. The standard InChI is InChI=1S/C14H16N2O3/c15-14(7-8-14)11(17)16-10-3-1-9(2-4-10)13(5-6-13)12(18)19/h1-4H,5-8,15H2,(H,16,17)(H,18,19). The molecule has 2 fully saturated rings. The molecule has 4 N–H and O–H groups in total. The highest BCUT2D eigenvalue weighted by molar-refractivity contribution is 6.00. The van der Waals surface area contributed by atoms with Gasteiger partial charge in [-0.15, -0.1) is 0 Å². The van der Waals surface area contributed by atoms with Crippen LogP contribution in [0.15, 0.2) is 24.3 Å². The van der Waals surface area contributed by atoms with Crippen molar-refractivity contribution in [2.24, 2.45) is 5.73 Å². The normalized spacial score (nSPS) is 21.5. The van der Waals surface area contributed by atoms with Crippen LogP contribution in [0.3, 0.4) is 0 Å². The van der Waals surface area contributed by atoms with E-state index in [0.29, 0.717) is 18.5 Å². The van der Waals surface area contributed by atoms with E-state index in [2.05, 4.69) is 5.32 Å². The molecule has 0 saturated heterocycles. The highest BCUT2D eigenvalue weighted by Gasteiger charge is 2.51. The Morgan fingerprint density at radius 2 is 1.68 bits per heavy atom. The van der Waals surface area contributed by atoms with E-state index < -0.39 is 16.9 Å². The van der Waals surface area contributed by atoms with Crippen molar-refractivity contribution >= 4 is 17.6 Å². The first-order valence-electron chi connectivity index (χ1n) is 6.41. The molecule has 2 aliphatic rings. The fourth-order valence-corrected chi connectivity index (χ4v) is 2.24. The van der Waals surface area contributed by atoms with Gasteiger partial charge in [0.15, 0.2) is 0 Å². The molecular formula is C14H16N2O3. The Balaban J connectivity index is 1.73. The van der Waals surface area contributed by atoms with Crippen LogP contribution in [0.5, 0.6) is 0 Å². The van der Waals surface area contributed by atoms with Gasteiger partial charge in [-0.2, -0.15) is 0 Å². The van der Waals surface area contributed by atoms with Gasteiger partial charge in [0, 0.05) is 5.69 Å². The summed E-state index contributed by atoms with van der Waals surface area (Å²) in [6, 6.07) is 7.02. The van der Waals surface area contributed by atoms with Crippen molar-refractivity contribution in [1.82, 2.24) is 0 Å². The van der Waals surface area contributed by atoms with Gasteiger partial charge in [-0.1, -0.05) is 12.1 Å². The Kier molecular flexibility index (Phi) is 2.44. The van der Waals surface area contributed by atoms with E-state index in [1.165, 1.54) is 0 Å². The number of nitrogens with one attached hydrogen (secondary N) is 1. The zero-order valence-corrected chi connectivity index (χ0v) is 10.5. The molecular weight excluding hydrogens is 244 g/mol. The van der Waals surface area contributed by atoms with Gasteiger partial charge in [0.1, 0.15) is 0 Å². The molecule has 2 saturated carbocycles. The molecule has 0 atom stereocenters. The second-order valence-electron chi connectivity index (χ2n) is 5.57. The van der Waals surface area contributed by atoms with Crippen molar-refractivity contribution in [2.45, 2.75) is 36.6 Å². The third-order valence-electron chi connectivity index (χ3n) is 4.10.